The lowest BCUT2D eigenvalue weighted by Crippen LogP contribution is -2.08. The van der Waals surface area contributed by atoms with E-state index in [-0.39, 0.29) is 5.78 Å². The monoisotopic (exact) mass is 405 g/mol. The summed E-state index contributed by atoms with van der Waals surface area (Å²) in [6, 6.07) is 7.90. The molecule has 0 amide bonds. The summed E-state index contributed by atoms with van der Waals surface area (Å²) in [5, 5.41) is 0.814. The first-order valence-corrected chi connectivity index (χ1v) is 8.55. The van der Waals surface area contributed by atoms with Crippen LogP contribution in [0.1, 0.15) is 26.3 Å². The largest absolute Gasteiger partial charge is 0.496 e. The summed E-state index contributed by atoms with van der Waals surface area (Å²) < 4.78 is 23.9. The van der Waals surface area contributed by atoms with Crippen molar-refractivity contribution in [3.63, 3.8) is 0 Å². The maximum atomic E-state index is 13.4. The van der Waals surface area contributed by atoms with E-state index in [1.165, 1.54) is 19.2 Å². The molecule has 0 radical (unpaired) electrons. The quantitative estimate of drug-likeness (QED) is 0.482. The van der Waals surface area contributed by atoms with Crippen LogP contribution in [0.3, 0.4) is 0 Å². The van der Waals surface area contributed by atoms with Crippen molar-refractivity contribution in [2.75, 3.05) is 14.2 Å². The highest BCUT2D eigenvalue weighted by molar-refractivity contribution is 9.09. The number of nitrogens with one attached hydrogen (secondary N) is 1. The summed E-state index contributed by atoms with van der Waals surface area (Å²) >= 11 is 3.43. The number of ketones is 1. The van der Waals surface area contributed by atoms with Crippen molar-refractivity contribution in [2.24, 2.45) is 0 Å². The van der Waals surface area contributed by atoms with Crippen molar-refractivity contribution in [3.8, 4) is 11.5 Å². The fourth-order valence-corrected chi connectivity index (χ4v) is 3.48. The van der Waals surface area contributed by atoms with E-state index < -0.39 is 10.6 Å². The van der Waals surface area contributed by atoms with Gasteiger partial charge in [-0.3, -0.25) is 4.79 Å². The second-order valence-electron chi connectivity index (χ2n) is 5.68. The minimum absolute atomic E-state index is 0.138. The first-order valence-electron chi connectivity index (χ1n) is 7.63. The number of carbonyl (C=O) groups excluding carboxylic acids is 1. The van der Waals surface area contributed by atoms with Gasteiger partial charge in [0.05, 0.1) is 14.2 Å². The van der Waals surface area contributed by atoms with Crippen LogP contribution in [0.25, 0.3) is 10.9 Å². The van der Waals surface area contributed by atoms with Crippen LogP contribution in [0, 0.1) is 12.7 Å². The molecule has 0 saturated carbocycles. The number of carbonyl (C=O) groups is 1. The molecule has 2 aromatic carbocycles. The molecule has 0 spiro atoms. The number of fused-ring (bicyclic) bond motifs is 1. The predicted molar refractivity (Wildman–Crippen MR) is 98.5 cm³/mol. The van der Waals surface area contributed by atoms with Crippen molar-refractivity contribution in [3.05, 3.63) is 59.0 Å². The van der Waals surface area contributed by atoms with Crippen LogP contribution < -0.4 is 9.47 Å². The molecule has 0 aliphatic heterocycles. The Kier molecular flexibility index (Phi) is 4.81. The van der Waals surface area contributed by atoms with Crippen molar-refractivity contribution < 1.29 is 18.7 Å². The van der Waals surface area contributed by atoms with Gasteiger partial charge in [-0.2, -0.15) is 0 Å². The van der Waals surface area contributed by atoms with E-state index in [9.17, 15) is 9.18 Å². The second kappa shape index (κ2) is 6.88. The van der Waals surface area contributed by atoms with Crippen LogP contribution in [-0.4, -0.2) is 25.0 Å². The number of ether oxygens (including phenoxy) is 2. The normalized spacial score (nSPS) is 12.2. The molecule has 0 saturated heterocycles. The van der Waals surface area contributed by atoms with E-state index in [4.69, 9.17) is 9.47 Å². The number of H-pyrrole nitrogens is 1. The molecular formula is C19H17BrFNO3. The SMILES string of the molecule is COc1cc2[nH]cc(C(=O)C(Br)c3ccc(F)cc3OC)c2cc1C. The Morgan fingerprint density at radius 1 is 1.16 bits per heavy atom. The fourth-order valence-electron chi connectivity index (χ4n) is 2.85. The topological polar surface area (TPSA) is 51.3 Å². The number of aryl methyl sites for hydroxylation is 1. The summed E-state index contributed by atoms with van der Waals surface area (Å²) in [4.78, 5) is 15.4. The van der Waals surface area contributed by atoms with Crippen molar-refractivity contribution in [2.45, 2.75) is 11.8 Å². The van der Waals surface area contributed by atoms with Gasteiger partial charge in [0.25, 0.3) is 0 Å². The molecule has 1 unspecified atom stereocenters. The summed E-state index contributed by atoms with van der Waals surface area (Å²) in [7, 11) is 3.06. The molecule has 0 bridgehead atoms. The molecule has 0 fully saturated rings. The molecule has 1 N–H and O–H groups in total. The van der Waals surface area contributed by atoms with Gasteiger partial charge in [0.1, 0.15) is 22.1 Å². The number of hydrogen-bond acceptors (Lipinski definition) is 3. The molecule has 6 heteroatoms. The van der Waals surface area contributed by atoms with Gasteiger partial charge in [-0.15, -0.1) is 0 Å². The standard InChI is InChI=1S/C19H17BrFNO3/c1-10-6-13-14(9-22-15(13)8-16(10)24-2)19(23)18(20)12-5-4-11(21)7-17(12)25-3/h4-9,18,22H,1-3H3. The highest BCUT2D eigenvalue weighted by Gasteiger charge is 2.25. The van der Waals surface area contributed by atoms with Crippen LogP contribution in [0.5, 0.6) is 11.5 Å². The molecule has 1 aromatic heterocycles. The Hall–Kier alpha value is -2.34. The molecule has 3 aromatic rings. The second-order valence-corrected chi connectivity index (χ2v) is 6.60. The van der Waals surface area contributed by atoms with E-state index in [0.29, 0.717) is 16.9 Å². The van der Waals surface area contributed by atoms with Gasteiger partial charge in [0.2, 0.25) is 0 Å². The minimum atomic E-state index is -0.649. The van der Waals surface area contributed by atoms with Crippen LogP contribution in [-0.2, 0) is 0 Å². The van der Waals surface area contributed by atoms with E-state index in [1.807, 2.05) is 19.1 Å². The number of benzene rings is 2. The number of aromatic amines is 1. The third-order valence-corrected chi connectivity index (χ3v) is 5.07. The summed E-state index contributed by atoms with van der Waals surface area (Å²) in [5.41, 5.74) is 2.88. The van der Waals surface area contributed by atoms with Crippen molar-refractivity contribution in [1.29, 1.82) is 0 Å². The zero-order chi connectivity index (χ0) is 18.1. The summed E-state index contributed by atoms with van der Waals surface area (Å²) in [5.74, 6) is 0.528. The summed E-state index contributed by atoms with van der Waals surface area (Å²) in [6.45, 7) is 1.92. The molecule has 0 aliphatic carbocycles. The van der Waals surface area contributed by atoms with Gasteiger partial charge in [0, 0.05) is 40.4 Å². The Balaban J connectivity index is 2.03. The molecule has 0 aliphatic rings. The maximum absolute atomic E-state index is 13.4. The van der Waals surface area contributed by atoms with E-state index in [0.717, 1.165) is 22.2 Å². The van der Waals surface area contributed by atoms with E-state index in [1.54, 1.807) is 19.4 Å². The van der Waals surface area contributed by atoms with Gasteiger partial charge >= 0.3 is 0 Å². The Morgan fingerprint density at radius 3 is 2.56 bits per heavy atom. The molecular weight excluding hydrogens is 389 g/mol. The third kappa shape index (κ3) is 3.14. The molecule has 130 valence electrons. The average Bonchev–Trinajstić information content (AvgIpc) is 3.02. The number of Topliss-reactive ketones (excluding diaryl/α,β-unsaturated/α-hetero) is 1. The minimum Gasteiger partial charge on any atom is -0.496 e. The average molecular weight is 406 g/mol. The molecule has 1 heterocycles. The van der Waals surface area contributed by atoms with Crippen LogP contribution in [0.2, 0.25) is 0 Å². The Morgan fingerprint density at radius 2 is 1.88 bits per heavy atom. The van der Waals surface area contributed by atoms with Crippen LogP contribution in [0.4, 0.5) is 4.39 Å². The maximum Gasteiger partial charge on any atom is 0.183 e. The first-order chi connectivity index (χ1) is 12.0. The Bertz CT molecular complexity index is 951. The summed E-state index contributed by atoms with van der Waals surface area (Å²) in [6.07, 6.45) is 1.68. The van der Waals surface area contributed by atoms with Gasteiger partial charge < -0.3 is 14.5 Å². The number of rotatable bonds is 5. The molecule has 25 heavy (non-hydrogen) atoms. The zero-order valence-electron chi connectivity index (χ0n) is 14.0. The lowest BCUT2D eigenvalue weighted by atomic mass is 10.0. The number of hydrogen-bond donors (Lipinski definition) is 1. The van der Waals surface area contributed by atoms with Gasteiger partial charge in [-0.25, -0.2) is 4.39 Å². The highest BCUT2D eigenvalue weighted by atomic mass is 79.9. The van der Waals surface area contributed by atoms with Crippen LogP contribution >= 0.6 is 15.9 Å². The number of halogens is 2. The van der Waals surface area contributed by atoms with Crippen molar-refractivity contribution >= 4 is 32.6 Å². The van der Waals surface area contributed by atoms with Gasteiger partial charge in [-0.1, -0.05) is 22.0 Å². The van der Waals surface area contributed by atoms with Gasteiger partial charge in [0.15, 0.2) is 5.78 Å². The molecule has 1 atom stereocenters. The number of methoxy groups -OCH3 is 2. The fraction of sp³-hybridized carbons (Fsp3) is 0.211. The molecule has 4 nitrogen and oxygen atoms in total. The van der Waals surface area contributed by atoms with E-state index in [2.05, 4.69) is 20.9 Å². The smallest absolute Gasteiger partial charge is 0.183 e. The van der Waals surface area contributed by atoms with Gasteiger partial charge in [-0.05, 0) is 24.6 Å². The van der Waals surface area contributed by atoms with Crippen molar-refractivity contribution in [1.82, 2.24) is 4.98 Å². The van der Waals surface area contributed by atoms with E-state index >= 15 is 0 Å². The number of alkyl halides is 1. The number of aromatic nitrogens is 1. The lowest BCUT2D eigenvalue weighted by Gasteiger charge is -2.13. The third-order valence-electron chi connectivity index (χ3n) is 4.16. The predicted octanol–water partition coefficient (Wildman–Crippen LogP) is 4.95. The molecule has 3 rings (SSSR count). The highest BCUT2D eigenvalue weighted by Crippen LogP contribution is 2.36. The zero-order valence-corrected chi connectivity index (χ0v) is 15.6. The Labute approximate surface area is 153 Å². The van der Waals surface area contributed by atoms with Crippen LogP contribution in [0.15, 0.2) is 36.5 Å². The lowest BCUT2D eigenvalue weighted by molar-refractivity contribution is 0.0992. The first kappa shape index (κ1) is 17.5.